The standard InChI is InChI=1S/C12H12F2N2O3/c1-2-18-10-7-8(16-11(17)5-6-15)3-4-9(10)19-12(13)14/h3-4,7,12H,2,5H2,1H3,(H,16,17). The van der Waals surface area contributed by atoms with Gasteiger partial charge < -0.3 is 14.8 Å². The number of carbonyl (C=O) groups is 1. The van der Waals surface area contributed by atoms with E-state index in [2.05, 4.69) is 10.1 Å². The molecule has 0 atom stereocenters. The van der Waals surface area contributed by atoms with Crippen LogP contribution in [0, 0.1) is 11.3 Å². The van der Waals surface area contributed by atoms with E-state index in [-0.39, 0.29) is 24.5 Å². The summed E-state index contributed by atoms with van der Waals surface area (Å²) in [5.41, 5.74) is 0.338. The first-order chi connectivity index (χ1) is 9.06. The molecule has 0 aliphatic heterocycles. The number of nitriles is 1. The van der Waals surface area contributed by atoms with Crippen LogP contribution < -0.4 is 14.8 Å². The largest absolute Gasteiger partial charge is 0.490 e. The number of rotatable bonds is 6. The molecule has 0 aliphatic rings. The number of hydrogen-bond acceptors (Lipinski definition) is 4. The van der Waals surface area contributed by atoms with Crippen molar-refractivity contribution in [3.8, 4) is 17.6 Å². The van der Waals surface area contributed by atoms with E-state index in [9.17, 15) is 13.6 Å². The average molecular weight is 270 g/mol. The van der Waals surface area contributed by atoms with Gasteiger partial charge in [0, 0.05) is 11.8 Å². The van der Waals surface area contributed by atoms with E-state index in [0.29, 0.717) is 5.69 Å². The topological polar surface area (TPSA) is 71.3 Å². The maximum Gasteiger partial charge on any atom is 0.387 e. The smallest absolute Gasteiger partial charge is 0.387 e. The molecule has 5 nitrogen and oxygen atoms in total. The zero-order valence-corrected chi connectivity index (χ0v) is 10.2. The number of alkyl halides is 2. The zero-order chi connectivity index (χ0) is 14.3. The zero-order valence-electron chi connectivity index (χ0n) is 10.2. The monoisotopic (exact) mass is 270 g/mol. The fourth-order valence-corrected chi connectivity index (χ4v) is 1.32. The summed E-state index contributed by atoms with van der Waals surface area (Å²) in [6.45, 7) is -1.01. The Hall–Kier alpha value is -2.36. The molecule has 102 valence electrons. The first-order valence-corrected chi connectivity index (χ1v) is 5.45. The van der Waals surface area contributed by atoms with Gasteiger partial charge in [0.2, 0.25) is 5.91 Å². The molecule has 1 aromatic rings. The minimum absolute atomic E-state index is 0.0950. The van der Waals surface area contributed by atoms with Gasteiger partial charge in [-0.1, -0.05) is 0 Å². The summed E-state index contributed by atoms with van der Waals surface area (Å²) >= 11 is 0. The highest BCUT2D eigenvalue weighted by Gasteiger charge is 2.12. The molecule has 0 unspecified atom stereocenters. The minimum atomic E-state index is -2.96. The van der Waals surface area contributed by atoms with E-state index < -0.39 is 12.5 Å². The van der Waals surface area contributed by atoms with E-state index in [1.807, 2.05) is 0 Å². The number of ether oxygens (including phenoxy) is 2. The second-order valence-corrected chi connectivity index (χ2v) is 3.36. The van der Waals surface area contributed by atoms with Gasteiger partial charge in [0.05, 0.1) is 12.7 Å². The highest BCUT2D eigenvalue weighted by molar-refractivity contribution is 5.92. The van der Waals surface area contributed by atoms with Gasteiger partial charge in [-0.25, -0.2) is 0 Å². The lowest BCUT2D eigenvalue weighted by Crippen LogP contribution is -2.11. The van der Waals surface area contributed by atoms with Crippen LogP contribution in [0.15, 0.2) is 18.2 Å². The number of carbonyl (C=O) groups excluding carboxylic acids is 1. The first kappa shape index (κ1) is 14.7. The second-order valence-electron chi connectivity index (χ2n) is 3.36. The molecule has 0 aliphatic carbocycles. The van der Waals surface area contributed by atoms with Gasteiger partial charge in [-0.15, -0.1) is 0 Å². The van der Waals surface area contributed by atoms with Gasteiger partial charge in [-0.05, 0) is 19.1 Å². The Morgan fingerprint density at radius 1 is 1.47 bits per heavy atom. The third-order valence-electron chi connectivity index (χ3n) is 1.98. The molecule has 0 fully saturated rings. The molecule has 7 heteroatoms. The van der Waals surface area contributed by atoms with E-state index in [1.54, 1.807) is 13.0 Å². The Morgan fingerprint density at radius 3 is 2.79 bits per heavy atom. The molecule has 1 amide bonds. The van der Waals surface area contributed by atoms with Crippen molar-refractivity contribution in [3.63, 3.8) is 0 Å². The van der Waals surface area contributed by atoms with Crippen LogP contribution in [0.1, 0.15) is 13.3 Å². The summed E-state index contributed by atoms with van der Waals surface area (Å²) < 4.78 is 33.8. The predicted molar refractivity (Wildman–Crippen MR) is 63.1 cm³/mol. The van der Waals surface area contributed by atoms with Gasteiger partial charge in [0.1, 0.15) is 6.42 Å². The van der Waals surface area contributed by atoms with Gasteiger partial charge >= 0.3 is 6.61 Å². The third kappa shape index (κ3) is 4.79. The van der Waals surface area contributed by atoms with Crippen LogP contribution in [0.4, 0.5) is 14.5 Å². The van der Waals surface area contributed by atoms with E-state index in [1.165, 1.54) is 18.2 Å². The molecule has 0 saturated carbocycles. The number of hydrogen-bond donors (Lipinski definition) is 1. The van der Waals surface area contributed by atoms with Crippen LogP contribution in [-0.2, 0) is 4.79 Å². The third-order valence-corrected chi connectivity index (χ3v) is 1.98. The molecule has 1 N–H and O–H groups in total. The van der Waals surface area contributed by atoms with Crippen molar-refractivity contribution in [2.45, 2.75) is 20.0 Å². The van der Waals surface area contributed by atoms with Gasteiger partial charge in [-0.2, -0.15) is 14.0 Å². The Bertz CT molecular complexity index is 486. The summed E-state index contributed by atoms with van der Waals surface area (Å²) in [6.07, 6.45) is -0.292. The molecule has 1 aromatic carbocycles. The van der Waals surface area contributed by atoms with Gasteiger partial charge in [0.15, 0.2) is 11.5 Å². The normalized spacial score (nSPS) is 9.84. The highest BCUT2D eigenvalue weighted by Crippen LogP contribution is 2.31. The van der Waals surface area contributed by atoms with Crippen LogP contribution in [0.3, 0.4) is 0 Å². The number of benzene rings is 1. The lowest BCUT2D eigenvalue weighted by atomic mass is 10.2. The number of nitrogens with zero attached hydrogens (tertiary/aromatic N) is 1. The lowest BCUT2D eigenvalue weighted by Gasteiger charge is -2.12. The molecular weight excluding hydrogens is 258 g/mol. The molecule has 0 aromatic heterocycles. The fraction of sp³-hybridized carbons (Fsp3) is 0.333. The molecular formula is C12H12F2N2O3. The fourth-order valence-electron chi connectivity index (χ4n) is 1.32. The maximum atomic E-state index is 12.2. The van der Waals surface area contributed by atoms with Gasteiger partial charge in [0.25, 0.3) is 0 Å². The summed E-state index contributed by atoms with van der Waals surface area (Å²) in [5.74, 6) is -0.514. The quantitative estimate of drug-likeness (QED) is 0.862. The molecule has 0 saturated heterocycles. The minimum Gasteiger partial charge on any atom is -0.490 e. The van der Waals surface area contributed by atoms with Crippen molar-refractivity contribution >= 4 is 11.6 Å². The lowest BCUT2D eigenvalue weighted by molar-refractivity contribution is -0.115. The van der Waals surface area contributed by atoms with Crippen LogP contribution >= 0.6 is 0 Å². The molecule has 0 spiro atoms. The molecule has 0 heterocycles. The van der Waals surface area contributed by atoms with Crippen molar-refractivity contribution in [3.05, 3.63) is 18.2 Å². The van der Waals surface area contributed by atoms with Crippen molar-refractivity contribution in [1.29, 1.82) is 5.26 Å². The number of anilines is 1. The van der Waals surface area contributed by atoms with Gasteiger partial charge in [-0.3, -0.25) is 4.79 Å². The molecule has 1 rings (SSSR count). The van der Waals surface area contributed by atoms with E-state index >= 15 is 0 Å². The first-order valence-electron chi connectivity index (χ1n) is 5.45. The second kappa shape index (κ2) is 7.16. The summed E-state index contributed by atoms with van der Waals surface area (Å²) in [6, 6.07) is 5.70. The summed E-state index contributed by atoms with van der Waals surface area (Å²) in [7, 11) is 0. The highest BCUT2D eigenvalue weighted by atomic mass is 19.3. The Balaban J connectivity index is 2.89. The molecule has 0 bridgehead atoms. The van der Waals surface area contributed by atoms with Crippen molar-refractivity contribution in [1.82, 2.24) is 0 Å². The van der Waals surface area contributed by atoms with E-state index in [0.717, 1.165) is 0 Å². The number of nitrogens with one attached hydrogen (secondary N) is 1. The van der Waals surface area contributed by atoms with Crippen LogP contribution in [0.5, 0.6) is 11.5 Å². The van der Waals surface area contributed by atoms with Crippen molar-refractivity contribution in [2.75, 3.05) is 11.9 Å². The number of halogens is 2. The average Bonchev–Trinajstić information content (AvgIpc) is 2.32. The Labute approximate surface area is 108 Å². The van der Waals surface area contributed by atoms with Crippen LogP contribution in [0.2, 0.25) is 0 Å². The predicted octanol–water partition coefficient (Wildman–Crippen LogP) is 2.54. The Kier molecular flexibility index (Phi) is 5.54. The summed E-state index contributed by atoms with van der Waals surface area (Å²) in [4.78, 5) is 11.2. The van der Waals surface area contributed by atoms with E-state index in [4.69, 9.17) is 10.00 Å². The number of amides is 1. The SMILES string of the molecule is CCOc1cc(NC(=O)CC#N)ccc1OC(F)F. The maximum absolute atomic E-state index is 12.2. The molecule has 19 heavy (non-hydrogen) atoms. The Morgan fingerprint density at radius 2 is 2.21 bits per heavy atom. The van der Waals surface area contributed by atoms with Crippen molar-refractivity contribution < 1.29 is 23.0 Å². The van der Waals surface area contributed by atoms with Crippen molar-refractivity contribution in [2.24, 2.45) is 0 Å². The van der Waals surface area contributed by atoms with Crippen LogP contribution in [-0.4, -0.2) is 19.1 Å². The molecule has 0 radical (unpaired) electrons. The van der Waals surface area contributed by atoms with Crippen LogP contribution in [0.25, 0.3) is 0 Å². The summed E-state index contributed by atoms with van der Waals surface area (Å²) in [5, 5.41) is 10.8.